The second kappa shape index (κ2) is 11.4. The molecule has 1 heterocycles. The SMILES string of the molecule is CCc1nc(/C(N)=C(\COC(=O)N(C)CC2CCC2)N(C)N)ccc1OC1CCCCC1. The number of hydrogen-bond acceptors (Lipinski definition) is 7. The van der Waals surface area contributed by atoms with E-state index in [0.717, 1.165) is 37.3 Å². The van der Waals surface area contributed by atoms with Gasteiger partial charge in [-0.05, 0) is 63.0 Å². The average Bonchev–Trinajstić information content (AvgIpc) is 2.76. The Morgan fingerprint density at radius 3 is 2.44 bits per heavy atom. The molecular weight excluding hydrogens is 406 g/mol. The lowest BCUT2D eigenvalue weighted by molar-refractivity contribution is 0.101. The van der Waals surface area contributed by atoms with Gasteiger partial charge >= 0.3 is 6.09 Å². The van der Waals surface area contributed by atoms with Gasteiger partial charge in [0.1, 0.15) is 12.4 Å². The first-order valence-electron chi connectivity index (χ1n) is 11.9. The van der Waals surface area contributed by atoms with E-state index in [-0.39, 0.29) is 18.8 Å². The van der Waals surface area contributed by atoms with E-state index in [1.807, 2.05) is 12.1 Å². The van der Waals surface area contributed by atoms with Crippen molar-refractivity contribution in [2.75, 3.05) is 27.2 Å². The van der Waals surface area contributed by atoms with Crippen molar-refractivity contribution in [3.8, 4) is 5.75 Å². The summed E-state index contributed by atoms with van der Waals surface area (Å²) >= 11 is 0. The molecule has 178 valence electrons. The van der Waals surface area contributed by atoms with Crippen molar-refractivity contribution in [1.29, 1.82) is 0 Å². The van der Waals surface area contributed by atoms with Gasteiger partial charge in [0.15, 0.2) is 0 Å². The molecule has 0 saturated heterocycles. The number of hydrazine groups is 1. The number of hydrogen-bond donors (Lipinski definition) is 2. The quantitative estimate of drug-likeness (QED) is 0.441. The monoisotopic (exact) mass is 445 g/mol. The van der Waals surface area contributed by atoms with Crippen LogP contribution in [-0.2, 0) is 11.2 Å². The third kappa shape index (κ3) is 6.28. The van der Waals surface area contributed by atoms with Crippen LogP contribution in [0.4, 0.5) is 4.79 Å². The number of nitrogens with zero attached hydrogens (tertiary/aromatic N) is 3. The molecule has 4 N–H and O–H groups in total. The Bertz CT molecular complexity index is 801. The van der Waals surface area contributed by atoms with Crippen LogP contribution in [0.3, 0.4) is 0 Å². The van der Waals surface area contributed by atoms with Crippen molar-refractivity contribution in [1.82, 2.24) is 14.9 Å². The summed E-state index contributed by atoms with van der Waals surface area (Å²) in [6, 6.07) is 3.79. The van der Waals surface area contributed by atoms with Crippen LogP contribution in [0.2, 0.25) is 0 Å². The van der Waals surface area contributed by atoms with Crippen molar-refractivity contribution in [2.45, 2.75) is 70.8 Å². The van der Waals surface area contributed by atoms with E-state index in [9.17, 15) is 4.79 Å². The zero-order valence-corrected chi connectivity index (χ0v) is 19.8. The Morgan fingerprint density at radius 2 is 1.84 bits per heavy atom. The van der Waals surface area contributed by atoms with Crippen LogP contribution in [0, 0.1) is 5.92 Å². The van der Waals surface area contributed by atoms with Crippen molar-refractivity contribution in [2.24, 2.45) is 17.5 Å². The van der Waals surface area contributed by atoms with Gasteiger partial charge in [0, 0.05) is 20.6 Å². The summed E-state index contributed by atoms with van der Waals surface area (Å²) in [6.45, 7) is 2.75. The number of carbonyl (C=O) groups is 1. The summed E-state index contributed by atoms with van der Waals surface area (Å²) in [5.41, 5.74) is 8.79. The molecule has 2 aliphatic carbocycles. The predicted octanol–water partition coefficient (Wildman–Crippen LogP) is 3.66. The molecule has 0 radical (unpaired) electrons. The van der Waals surface area contributed by atoms with Gasteiger partial charge in [-0.3, -0.25) is 0 Å². The Labute approximate surface area is 191 Å². The van der Waals surface area contributed by atoms with Crippen molar-refractivity contribution in [3.05, 3.63) is 29.2 Å². The smallest absolute Gasteiger partial charge is 0.409 e. The third-order valence-electron chi connectivity index (χ3n) is 6.53. The van der Waals surface area contributed by atoms with E-state index in [2.05, 4.69) is 6.92 Å². The van der Waals surface area contributed by atoms with Crippen LogP contribution in [0.15, 0.2) is 17.8 Å². The maximum atomic E-state index is 12.4. The summed E-state index contributed by atoms with van der Waals surface area (Å²) in [7, 11) is 3.44. The Hall–Kier alpha value is -2.48. The molecule has 1 aromatic rings. The molecule has 0 aliphatic heterocycles. The van der Waals surface area contributed by atoms with Gasteiger partial charge < -0.3 is 25.1 Å². The first-order chi connectivity index (χ1) is 15.4. The van der Waals surface area contributed by atoms with Crippen LogP contribution in [-0.4, -0.2) is 54.3 Å². The number of ether oxygens (including phenoxy) is 2. The highest BCUT2D eigenvalue weighted by Gasteiger charge is 2.23. The van der Waals surface area contributed by atoms with Gasteiger partial charge in [0.25, 0.3) is 0 Å². The van der Waals surface area contributed by atoms with E-state index < -0.39 is 0 Å². The van der Waals surface area contributed by atoms with Gasteiger partial charge in [0.05, 0.1) is 28.9 Å². The molecular formula is C24H39N5O3. The standard InChI is InChI=1S/C24H39N5O3/c1-4-19-22(32-18-11-6-5-7-12-18)14-13-20(27-19)23(25)21(29(3)26)16-31-24(30)28(2)15-17-9-8-10-17/h13-14,17-18H,4-12,15-16,25-26H2,1-3H3/b23-21-. The highest BCUT2D eigenvalue weighted by Crippen LogP contribution is 2.28. The Kier molecular flexibility index (Phi) is 8.61. The molecule has 32 heavy (non-hydrogen) atoms. The lowest BCUT2D eigenvalue weighted by Gasteiger charge is -2.30. The first kappa shape index (κ1) is 24.2. The maximum Gasteiger partial charge on any atom is 0.409 e. The van der Waals surface area contributed by atoms with E-state index in [1.165, 1.54) is 43.5 Å². The van der Waals surface area contributed by atoms with E-state index in [1.54, 1.807) is 19.0 Å². The molecule has 0 spiro atoms. The second-order valence-corrected chi connectivity index (χ2v) is 9.08. The van der Waals surface area contributed by atoms with Crippen LogP contribution in [0.25, 0.3) is 5.70 Å². The topological polar surface area (TPSA) is 107 Å². The highest BCUT2D eigenvalue weighted by molar-refractivity contribution is 5.68. The minimum atomic E-state index is -0.373. The van der Waals surface area contributed by atoms with E-state index in [0.29, 0.717) is 23.0 Å². The van der Waals surface area contributed by atoms with Gasteiger partial charge in [-0.15, -0.1) is 0 Å². The zero-order chi connectivity index (χ0) is 23.1. The minimum absolute atomic E-state index is 0.0177. The molecule has 1 aromatic heterocycles. The van der Waals surface area contributed by atoms with Gasteiger partial charge in [-0.25, -0.2) is 15.6 Å². The summed E-state index contributed by atoms with van der Waals surface area (Å²) in [5.74, 6) is 7.41. The fraction of sp³-hybridized carbons (Fsp3) is 0.667. The zero-order valence-electron chi connectivity index (χ0n) is 19.8. The number of pyridine rings is 1. The summed E-state index contributed by atoms with van der Waals surface area (Å²) in [4.78, 5) is 18.8. The summed E-state index contributed by atoms with van der Waals surface area (Å²) < 4.78 is 11.7. The molecule has 8 heteroatoms. The fourth-order valence-electron chi connectivity index (χ4n) is 4.26. The molecule has 0 aromatic carbocycles. The molecule has 1 amide bonds. The number of rotatable bonds is 9. The highest BCUT2D eigenvalue weighted by atomic mass is 16.6. The van der Waals surface area contributed by atoms with E-state index in [4.69, 9.17) is 26.0 Å². The van der Waals surface area contributed by atoms with Gasteiger partial charge in [-0.2, -0.15) is 0 Å². The minimum Gasteiger partial charge on any atom is -0.489 e. The number of aryl methyl sites for hydroxylation is 1. The Balaban J connectivity index is 1.69. The third-order valence-corrected chi connectivity index (χ3v) is 6.53. The Morgan fingerprint density at radius 1 is 1.12 bits per heavy atom. The largest absolute Gasteiger partial charge is 0.489 e. The number of nitrogens with two attached hydrogens (primary N) is 2. The molecule has 0 atom stereocenters. The first-order valence-corrected chi connectivity index (χ1v) is 11.9. The normalized spacial score (nSPS) is 17.9. The summed E-state index contributed by atoms with van der Waals surface area (Å²) in [6.07, 6.45) is 10.1. The molecule has 0 bridgehead atoms. The molecule has 0 unspecified atom stereocenters. The second-order valence-electron chi connectivity index (χ2n) is 9.08. The lowest BCUT2D eigenvalue weighted by atomic mass is 9.85. The molecule has 2 saturated carbocycles. The predicted molar refractivity (Wildman–Crippen MR) is 125 cm³/mol. The fourth-order valence-corrected chi connectivity index (χ4v) is 4.26. The molecule has 8 nitrogen and oxygen atoms in total. The van der Waals surface area contributed by atoms with Crippen molar-refractivity contribution < 1.29 is 14.3 Å². The number of aromatic nitrogens is 1. The van der Waals surface area contributed by atoms with Crippen molar-refractivity contribution in [3.63, 3.8) is 0 Å². The molecule has 2 fully saturated rings. The number of amides is 1. The number of carbonyl (C=O) groups excluding carboxylic acids is 1. The molecule has 2 aliphatic rings. The average molecular weight is 446 g/mol. The van der Waals surface area contributed by atoms with E-state index >= 15 is 0 Å². The lowest BCUT2D eigenvalue weighted by Crippen LogP contribution is -2.37. The molecule has 3 rings (SSSR count). The summed E-state index contributed by atoms with van der Waals surface area (Å²) in [5, 5.41) is 1.38. The van der Waals surface area contributed by atoms with Crippen LogP contribution >= 0.6 is 0 Å². The van der Waals surface area contributed by atoms with Crippen molar-refractivity contribution >= 4 is 11.8 Å². The van der Waals surface area contributed by atoms with Gasteiger partial charge in [-0.1, -0.05) is 19.8 Å². The van der Waals surface area contributed by atoms with Crippen LogP contribution in [0.5, 0.6) is 5.75 Å². The van der Waals surface area contributed by atoms with Crippen LogP contribution in [0.1, 0.15) is 69.7 Å². The number of likely N-dealkylation sites (N-methyl/N-ethyl adjacent to an activating group) is 1. The van der Waals surface area contributed by atoms with Gasteiger partial charge in [0.2, 0.25) is 0 Å². The maximum absolute atomic E-state index is 12.4. The van der Waals surface area contributed by atoms with Crippen LogP contribution < -0.4 is 16.3 Å².